The molecule has 0 saturated carbocycles. The molecule has 21 heavy (non-hydrogen) atoms. The molecule has 0 aliphatic heterocycles. The van der Waals surface area contributed by atoms with Crippen molar-refractivity contribution in [1.82, 2.24) is 0 Å². The molecule has 0 bridgehead atoms. The Kier molecular flexibility index (Phi) is 4.01. The van der Waals surface area contributed by atoms with Crippen LogP contribution in [0.4, 0.5) is 11.4 Å². The second kappa shape index (κ2) is 5.58. The van der Waals surface area contributed by atoms with Crippen molar-refractivity contribution >= 4 is 33.0 Å². The first-order chi connectivity index (χ1) is 9.79. The number of hydrogen-bond acceptors (Lipinski definition) is 5. The molecule has 0 spiro atoms. The summed E-state index contributed by atoms with van der Waals surface area (Å²) >= 11 is 5.68. The molecule has 2 aromatic carbocycles. The Bertz CT molecular complexity index is 790. The van der Waals surface area contributed by atoms with E-state index in [9.17, 15) is 23.6 Å². The number of nitrogens with zero attached hydrogens (tertiary/aromatic N) is 1. The fraction of sp³-hybridized carbons (Fsp3) is 0. The number of anilines is 1. The highest BCUT2D eigenvalue weighted by Crippen LogP contribution is 2.29. The Hall–Kier alpha value is -2.32. The zero-order valence-corrected chi connectivity index (χ0v) is 11.9. The highest BCUT2D eigenvalue weighted by Gasteiger charge is 2.17. The van der Waals surface area contributed by atoms with Crippen molar-refractivity contribution in [3.05, 3.63) is 57.6 Å². The van der Waals surface area contributed by atoms with Crippen LogP contribution in [0.25, 0.3) is 0 Å². The van der Waals surface area contributed by atoms with Gasteiger partial charge < -0.3 is 5.11 Å². The summed E-state index contributed by atoms with van der Waals surface area (Å²) < 4.78 is 26.3. The number of hydrogen-bond donors (Lipinski definition) is 2. The van der Waals surface area contributed by atoms with Gasteiger partial charge in [0.1, 0.15) is 5.75 Å². The van der Waals surface area contributed by atoms with Gasteiger partial charge in [-0.3, -0.25) is 14.8 Å². The Morgan fingerprint density at radius 2 is 1.76 bits per heavy atom. The molecule has 7 nitrogen and oxygen atoms in total. The Morgan fingerprint density at radius 3 is 2.29 bits per heavy atom. The summed E-state index contributed by atoms with van der Waals surface area (Å²) in [5, 5.41) is 20.6. The third kappa shape index (κ3) is 3.41. The lowest BCUT2D eigenvalue weighted by molar-refractivity contribution is -0.384. The average Bonchev–Trinajstić information content (AvgIpc) is 2.41. The predicted octanol–water partition coefficient (Wildman–Crippen LogP) is 2.75. The summed E-state index contributed by atoms with van der Waals surface area (Å²) in [6.45, 7) is 0. The molecule has 0 amide bonds. The number of nitro groups is 1. The summed E-state index contributed by atoms with van der Waals surface area (Å²) in [6, 6.07) is 8.47. The van der Waals surface area contributed by atoms with Crippen LogP contribution in [0.2, 0.25) is 5.02 Å². The van der Waals surface area contributed by atoms with E-state index in [0.29, 0.717) is 5.02 Å². The monoisotopic (exact) mass is 328 g/mol. The third-order valence-corrected chi connectivity index (χ3v) is 4.19. The highest BCUT2D eigenvalue weighted by molar-refractivity contribution is 7.92. The van der Waals surface area contributed by atoms with Crippen molar-refractivity contribution in [3.63, 3.8) is 0 Å². The molecule has 110 valence electrons. The van der Waals surface area contributed by atoms with E-state index in [1.54, 1.807) is 0 Å². The van der Waals surface area contributed by atoms with Gasteiger partial charge >= 0.3 is 0 Å². The van der Waals surface area contributed by atoms with Gasteiger partial charge in [-0.05, 0) is 30.3 Å². The van der Waals surface area contributed by atoms with E-state index < -0.39 is 20.7 Å². The largest absolute Gasteiger partial charge is 0.505 e. The van der Waals surface area contributed by atoms with E-state index in [1.807, 2.05) is 0 Å². The lowest BCUT2D eigenvalue weighted by Gasteiger charge is -2.09. The minimum absolute atomic E-state index is 0.0512. The Morgan fingerprint density at radius 1 is 1.14 bits per heavy atom. The molecule has 2 aromatic rings. The smallest absolute Gasteiger partial charge is 0.273 e. The van der Waals surface area contributed by atoms with Crippen molar-refractivity contribution in [2.75, 3.05) is 4.72 Å². The molecule has 9 heteroatoms. The number of benzene rings is 2. The standard InChI is InChI=1S/C12H9ClN2O5S/c13-8-1-4-10(5-2-8)21(19,20)14-11-6-3-9(15(17)18)7-12(11)16/h1-7,14,16H. The van der Waals surface area contributed by atoms with Crippen LogP contribution in [0.3, 0.4) is 0 Å². The van der Waals surface area contributed by atoms with Gasteiger partial charge in [0.2, 0.25) is 0 Å². The van der Waals surface area contributed by atoms with Crippen LogP contribution in [0.5, 0.6) is 5.75 Å². The lowest BCUT2D eigenvalue weighted by Crippen LogP contribution is -2.13. The molecule has 2 rings (SSSR count). The quantitative estimate of drug-likeness (QED) is 0.509. The van der Waals surface area contributed by atoms with Gasteiger partial charge in [0, 0.05) is 11.1 Å². The van der Waals surface area contributed by atoms with Crippen molar-refractivity contribution < 1.29 is 18.4 Å². The summed E-state index contributed by atoms with van der Waals surface area (Å²) in [4.78, 5) is 9.80. The second-order valence-electron chi connectivity index (χ2n) is 4.02. The maximum absolute atomic E-state index is 12.1. The minimum Gasteiger partial charge on any atom is -0.505 e. The molecule has 0 radical (unpaired) electrons. The van der Waals surface area contributed by atoms with E-state index in [2.05, 4.69) is 4.72 Å². The van der Waals surface area contributed by atoms with Crippen LogP contribution in [-0.4, -0.2) is 18.4 Å². The predicted molar refractivity (Wildman–Crippen MR) is 77.0 cm³/mol. The number of phenolic OH excluding ortho intramolecular Hbond substituents is 1. The van der Waals surface area contributed by atoms with Crippen molar-refractivity contribution in [2.45, 2.75) is 4.90 Å². The van der Waals surface area contributed by atoms with Crippen LogP contribution in [-0.2, 0) is 10.0 Å². The molecule has 0 unspecified atom stereocenters. The molecule has 0 fully saturated rings. The van der Waals surface area contributed by atoms with Gasteiger partial charge in [-0.1, -0.05) is 11.6 Å². The van der Waals surface area contributed by atoms with Gasteiger partial charge in [-0.15, -0.1) is 0 Å². The van der Waals surface area contributed by atoms with Crippen molar-refractivity contribution in [2.24, 2.45) is 0 Å². The lowest BCUT2D eigenvalue weighted by atomic mass is 10.2. The van der Waals surface area contributed by atoms with Crippen LogP contribution < -0.4 is 4.72 Å². The zero-order chi connectivity index (χ0) is 15.6. The first kappa shape index (κ1) is 15.1. The van der Waals surface area contributed by atoms with Crippen molar-refractivity contribution in [3.8, 4) is 5.75 Å². The van der Waals surface area contributed by atoms with Gasteiger partial charge in [-0.25, -0.2) is 8.42 Å². The number of halogens is 1. The molecule has 2 N–H and O–H groups in total. The highest BCUT2D eigenvalue weighted by atomic mass is 35.5. The summed E-state index contributed by atoms with van der Waals surface area (Å²) in [6.07, 6.45) is 0. The van der Waals surface area contributed by atoms with Crippen LogP contribution in [0.1, 0.15) is 0 Å². The van der Waals surface area contributed by atoms with E-state index in [4.69, 9.17) is 11.6 Å². The number of nitro benzene ring substituents is 1. The van der Waals surface area contributed by atoms with Gasteiger partial charge in [0.05, 0.1) is 21.6 Å². The third-order valence-electron chi connectivity index (χ3n) is 2.56. The van der Waals surface area contributed by atoms with E-state index in [-0.39, 0.29) is 16.3 Å². The Balaban J connectivity index is 2.32. The number of phenols is 1. The first-order valence-corrected chi connectivity index (χ1v) is 7.41. The summed E-state index contributed by atoms with van der Waals surface area (Å²) in [7, 11) is -3.92. The van der Waals surface area contributed by atoms with Crippen molar-refractivity contribution in [1.29, 1.82) is 0 Å². The van der Waals surface area contributed by atoms with Gasteiger partial charge in [0.15, 0.2) is 0 Å². The number of non-ortho nitro benzene ring substituents is 1. The normalized spacial score (nSPS) is 11.1. The molecular weight excluding hydrogens is 320 g/mol. The Labute approximate surface area is 125 Å². The van der Waals surface area contributed by atoms with E-state index >= 15 is 0 Å². The SMILES string of the molecule is O=[N+]([O-])c1ccc(NS(=O)(=O)c2ccc(Cl)cc2)c(O)c1. The maximum atomic E-state index is 12.1. The minimum atomic E-state index is -3.92. The number of nitrogens with one attached hydrogen (secondary N) is 1. The van der Waals surface area contributed by atoms with Crippen LogP contribution in [0, 0.1) is 10.1 Å². The van der Waals surface area contributed by atoms with Gasteiger partial charge in [0.25, 0.3) is 15.7 Å². The topological polar surface area (TPSA) is 110 Å². The molecule has 0 aliphatic carbocycles. The number of rotatable bonds is 4. The van der Waals surface area contributed by atoms with Gasteiger partial charge in [-0.2, -0.15) is 0 Å². The molecule has 0 heterocycles. The molecule has 0 aliphatic rings. The maximum Gasteiger partial charge on any atom is 0.273 e. The molecule has 0 atom stereocenters. The summed E-state index contributed by atoms with van der Waals surface area (Å²) in [5.41, 5.74) is -0.502. The summed E-state index contributed by atoms with van der Waals surface area (Å²) in [5.74, 6) is -0.540. The second-order valence-corrected chi connectivity index (χ2v) is 6.14. The van der Waals surface area contributed by atoms with Crippen LogP contribution in [0.15, 0.2) is 47.4 Å². The fourth-order valence-corrected chi connectivity index (χ4v) is 2.74. The molecule has 0 saturated heterocycles. The number of sulfonamides is 1. The van der Waals surface area contributed by atoms with E-state index in [0.717, 1.165) is 18.2 Å². The fourth-order valence-electron chi connectivity index (χ4n) is 1.54. The van der Waals surface area contributed by atoms with E-state index in [1.165, 1.54) is 24.3 Å². The average molecular weight is 329 g/mol. The molecular formula is C12H9ClN2O5S. The van der Waals surface area contributed by atoms with Crippen LogP contribution >= 0.6 is 11.6 Å². The first-order valence-electron chi connectivity index (χ1n) is 5.55. The number of aromatic hydroxyl groups is 1. The molecule has 0 aromatic heterocycles. The zero-order valence-electron chi connectivity index (χ0n) is 10.4.